The predicted octanol–water partition coefficient (Wildman–Crippen LogP) is 5.17. The van der Waals surface area contributed by atoms with Gasteiger partial charge >= 0.3 is 6.01 Å². The van der Waals surface area contributed by atoms with Gasteiger partial charge in [0.05, 0.1) is 20.8 Å². The summed E-state index contributed by atoms with van der Waals surface area (Å²) in [4.78, 5) is 17.6. The number of rotatable bonds is 5. The lowest BCUT2D eigenvalue weighted by Crippen LogP contribution is -2.51. The van der Waals surface area contributed by atoms with Gasteiger partial charge in [-0.2, -0.15) is 9.97 Å². The minimum absolute atomic E-state index is 0.00430. The first-order valence-corrected chi connectivity index (χ1v) is 14.8. The molecule has 216 valence electrons. The van der Waals surface area contributed by atoms with Crippen molar-refractivity contribution < 1.29 is 17.9 Å². The van der Waals surface area contributed by atoms with Gasteiger partial charge in [0, 0.05) is 54.7 Å². The fraction of sp³-hybridized carbons (Fsp3) is 0.464. The average molecular weight is 604 g/mol. The van der Waals surface area contributed by atoms with Gasteiger partial charge in [-0.25, -0.2) is 18.2 Å². The number of anilines is 2. The summed E-state index contributed by atoms with van der Waals surface area (Å²) in [6.45, 7) is 3.78. The predicted molar refractivity (Wildman–Crippen MR) is 156 cm³/mol. The lowest BCUT2D eigenvalue weighted by molar-refractivity contribution is 0.108. The summed E-state index contributed by atoms with van der Waals surface area (Å²) < 4.78 is 51.6. The number of nitrogens with zero attached hydrogens (tertiary/aromatic N) is 5. The molecule has 13 heteroatoms. The highest BCUT2D eigenvalue weighted by Gasteiger charge is 2.41. The number of nitrogens with two attached hydrogens (primary N) is 1. The van der Waals surface area contributed by atoms with E-state index in [1.54, 1.807) is 6.07 Å². The van der Waals surface area contributed by atoms with Gasteiger partial charge in [0.25, 0.3) is 0 Å². The Balaban J connectivity index is 1.37. The van der Waals surface area contributed by atoms with Crippen molar-refractivity contribution in [3.8, 4) is 17.1 Å². The number of benzene rings is 2. The molecule has 3 aliphatic heterocycles. The fourth-order valence-corrected chi connectivity index (χ4v) is 7.54. The van der Waals surface area contributed by atoms with E-state index in [2.05, 4.69) is 20.2 Å². The van der Waals surface area contributed by atoms with Crippen LogP contribution in [0.15, 0.2) is 18.2 Å². The van der Waals surface area contributed by atoms with Crippen LogP contribution in [0.4, 0.5) is 24.1 Å². The van der Waals surface area contributed by atoms with Crippen LogP contribution in [0.1, 0.15) is 26.2 Å². The molecule has 2 aromatic carbocycles. The van der Waals surface area contributed by atoms with E-state index in [0.717, 1.165) is 24.2 Å². The van der Waals surface area contributed by atoms with Crippen molar-refractivity contribution in [2.45, 2.75) is 50.0 Å². The molecule has 5 heterocycles. The second kappa shape index (κ2) is 9.82. The molecule has 2 aromatic heterocycles. The van der Waals surface area contributed by atoms with Crippen LogP contribution in [0.3, 0.4) is 0 Å². The maximum Gasteiger partial charge on any atom is 0.319 e. The Kier molecular flexibility index (Phi) is 6.45. The summed E-state index contributed by atoms with van der Waals surface area (Å²) in [5.41, 5.74) is 5.95. The van der Waals surface area contributed by atoms with Crippen LogP contribution in [0.5, 0.6) is 6.01 Å². The standard InChI is InChI=1S/C28H29ClF3N7OS/c1-28(8-13(30)9-38(28)2)12-40-27-36-22-17(25(37-27)39-10-14-3-4-15(11-39)34-14)7-18(29)20(21(22)32)16-5-6-19(31)24-23(16)35-26(33)41-24/h5-7,13-15,34H,3-4,8-12H2,1-2H3,(H2,33,35). The third kappa shape index (κ3) is 4.55. The summed E-state index contributed by atoms with van der Waals surface area (Å²) in [5, 5.41) is 4.34. The van der Waals surface area contributed by atoms with Crippen molar-refractivity contribution in [3.63, 3.8) is 0 Å². The Morgan fingerprint density at radius 1 is 1.15 bits per heavy atom. The average Bonchev–Trinajstić information content (AvgIpc) is 3.57. The third-order valence-electron chi connectivity index (χ3n) is 8.71. The Hall–Kier alpha value is -2.93. The molecule has 0 aliphatic carbocycles. The molecule has 3 aliphatic rings. The van der Waals surface area contributed by atoms with Crippen LogP contribution in [-0.4, -0.2) is 76.9 Å². The number of fused-ring (bicyclic) bond motifs is 4. The smallest absolute Gasteiger partial charge is 0.319 e. The van der Waals surface area contributed by atoms with Crippen LogP contribution in [0, 0.1) is 11.6 Å². The van der Waals surface area contributed by atoms with E-state index in [-0.39, 0.29) is 44.1 Å². The Morgan fingerprint density at radius 2 is 1.90 bits per heavy atom. The first-order chi connectivity index (χ1) is 19.6. The SMILES string of the molecule is CN1CC(F)CC1(C)COc1nc(N2CC3CCC(C2)N3)c2cc(Cl)c(-c3ccc(F)c4sc(N)nc34)c(F)c2n1. The molecule has 41 heavy (non-hydrogen) atoms. The zero-order chi connectivity index (χ0) is 28.6. The monoisotopic (exact) mass is 603 g/mol. The van der Waals surface area contributed by atoms with Gasteiger partial charge < -0.3 is 20.7 Å². The first kappa shape index (κ1) is 26.9. The van der Waals surface area contributed by atoms with Gasteiger partial charge in [-0.3, -0.25) is 4.90 Å². The molecule has 3 N–H and O–H groups in total. The maximum atomic E-state index is 16.6. The third-order valence-corrected chi connectivity index (χ3v) is 9.90. The molecular weight excluding hydrogens is 575 g/mol. The van der Waals surface area contributed by atoms with E-state index >= 15 is 4.39 Å². The number of piperazine rings is 1. The molecule has 0 spiro atoms. The summed E-state index contributed by atoms with van der Waals surface area (Å²) in [5.74, 6) is -0.650. The number of alkyl halides is 1. The molecule has 0 saturated carbocycles. The van der Waals surface area contributed by atoms with Crippen LogP contribution in [0.2, 0.25) is 5.02 Å². The van der Waals surface area contributed by atoms with Crippen LogP contribution in [-0.2, 0) is 0 Å². The van der Waals surface area contributed by atoms with E-state index in [1.165, 1.54) is 12.1 Å². The number of nitrogens with one attached hydrogen (secondary N) is 1. The summed E-state index contributed by atoms with van der Waals surface area (Å²) in [7, 11) is 1.86. The van der Waals surface area contributed by atoms with E-state index in [1.807, 2.05) is 18.9 Å². The first-order valence-electron chi connectivity index (χ1n) is 13.6. The number of ether oxygens (including phenoxy) is 1. The summed E-state index contributed by atoms with van der Waals surface area (Å²) in [6.07, 6.45) is 1.47. The Morgan fingerprint density at radius 3 is 2.61 bits per heavy atom. The highest BCUT2D eigenvalue weighted by molar-refractivity contribution is 7.22. The minimum Gasteiger partial charge on any atom is -0.461 e. The van der Waals surface area contributed by atoms with Gasteiger partial charge in [-0.05, 0) is 45.0 Å². The number of aromatic nitrogens is 3. The molecule has 8 nitrogen and oxygen atoms in total. The topological polar surface area (TPSA) is 92.4 Å². The molecule has 0 radical (unpaired) electrons. The van der Waals surface area contributed by atoms with Crippen molar-refractivity contribution >= 4 is 55.0 Å². The molecule has 4 unspecified atom stereocenters. The van der Waals surface area contributed by atoms with E-state index < -0.39 is 23.3 Å². The van der Waals surface area contributed by atoms with Crippen LogP contribution < -0.4 is 20.7 Å². The highest BCUT2D eigenvalue weighted by atomic mass is 35.5. The number of hydrogen-bond acceptors (Lipinski definition) is 9. The van der Waals surface area contributed by atoms with Gasteiger partial charge in [0.15, 0.2) is 10.9 Å². The molecule has 3 saturated heterocycles. The molecule has 7 rings (SSSR count). The zero-order valence-corrected chi connectivity index (χ0v) is 24.1. The maximum absolute atomic E-state index is 16.6. The molecule has 4 aromatic rings. The van der Waals surface area contributed by atoms with E-state index in [0.29, 0.717) is 54.9 Å². The quantitative estimate of drug-likeness (QED) is 0.323. The normalized spacial score (nSPS) is 26.5. The number of halogens is 4. The number of nitrogen functional groups attached to an aromatic ring is 1. The number of thiazole rings is 1. The molecule has 4 atom stereocenters. The van der Waals surface area contributed by atoms with Gasteiger partial charge in [0.2, 0.25) is 0 Å². The van der Waals surface area contributed by atoms with Crippen LogP contribution >= 0.6 is 22.9 Å². The van der Waals surface area contributed by atoms with E-state index in [9.17, 15) is 8.78 Å². The molecule has 0 amide bonds. The van der Waals surface area contributed by atoms with Gasteiger partial charge in [0.1, 0.15) is 29.9 Å². The highest BCUT2D eigenvalue weighted by Crippen LogP contribution is 2.43. The Labute approximate surface area is 243 Å². The largest absolute Gasteiger partial charge is 0.461 e. The van der Waals surface area contributed by atoms with Crippen molar-refractivity contribution in [1.82, 2.24) is 25.2 Å². The second-order valence-corrected chi connectivity index (χ2v) is 13.0. The number of hydrogen-bond donors (Lipinski definition) is 2. The number of likely N-dealkylation sites (tertiary alicyclic amines) is 1. The second-order valence-electron chi connectivity index (χ2n) is 11.6. The zero-order valence-electron chi connectivity index (χ0n) is 22.6. The Bertz CT molecular complexity index is 1680. The molecule has 2 bridgehead atoms. The van der Waals surface area contributed by atoms with Gasteiger partial charge in [-0.1, -0.05) is 22.9 Å². The summed E-state index contributed by atoms with van der Waals surface area (Å²) >= 11 is 7.75. The lowest BCUT2D eigenvalue weighted by atomic mass is 10.0. The van der Waals surface area contributed by atoms with Crippen LogP contribution in [0.25, 0.3) is 32.2 Å². The van der Waals surface area contributed by atoms with Crippen molar-refractivity contribution in [3.05, 3.63) is 34.9 Å². The molecular formula is C28H29ClF3N7OS. The molecule has 3 fully saturated rings. The fourth-order valence-electron chi connectivity index (χ4n) is 6.48. The van der Waals surface area contributed by atoms with E-state index in [4.69, 9.17) is 27.1 Å². The lowest BCUT2D eigenvalue weighted by Gasteiger charge is -2.34. The minimum atomic E-state index is -0.951. The van der Waals surface area contributed by atoms with Crippen molar-refractivity contribution in [2.75, 3.05) is 43.9 Å². The summed E-state index contributed by atoms with van der Waals surface area (Å²) in [6, 6.07) is 4.97. The van der Waals surface area contributed by atoms with Crippen molar-refractivity contribution in [2.24, 2.45) is 0 Å². The van der Waals surface area contributed by atoms with Gasteiger partial charge in [-0.15, -0.1) is 0 Å². The number of likely N-dealkylation sites (N-methyl/N-ethyl adjacent to an activating group) is 1. The van der Waals surface area contributed by atoms with Crippen molar-refractivity contribution in [1.29, 1.82) is 0 Å².